The normalized spacial score (nSPS) is 26.8. The molecule has 6 aliphatic rings. The van der Waals surface area contributed by atoms with Gasteiger partial charge in [0.25, 0.3) is 11.8 Å². The lowest BCUT2D eigenvalue weighted by Gasteiger charge is -2.33. The maximum atomic E-state index is 14.7. The highest BCUT2D eigenvalue weighted by molar-refractivity contribution is 6.48. The lowest BCUT2D eigenvalue weighted by atomic mass is 9.90. The summed E-state index contributed by atoms with van der Waals surface area (Å²) in [4.78, 5) is 55.1. The number of ether oxygens (including phenoxy) is 3. The van der Waals surface area contributed by atoms with Crippen LogP contribution in [0.1, 0.15) is 99.1 Å². The van der Waals surface area contributed by atoms with Gasteiger partial charge in [0.15, 0.2) is 0 Å². The van der Waals surface area contributed by atoms with Crippen molar-refractivity contribution >= 4 is 34.9 Å². The third-order valence-corrected chi connectivity index (χ3v) is 13.6. The number of benzene rings is 2. The quantitative estimate of drug-likeness (QED) is 0.0986. The van der Waals surface area contributed by atoms with Crippen LogP contribution in [0.25, 0.3) is 0 Å². The molecule has 2 amide bonds. The maximum Gasteiger partial charge on any atom is 0.394 e. The third-order valence-electron chi connectivity index (χ3n) is 13.6. The number of aromatic nitrogens is 4. The fourth-order valence-electron chi connectivity index (χ4n) is 10.2. The molecule has 77 heavy (non-hydrogen) atoms. The summed E-state index contributed by atoms with van der Waals surface area (Å²) in [5.41, 5.74) is 0.985. The average molecular weight is 1090 g/mol. The average Bonchev–Trinajstić information content (AvgIpc) is 4.18. The van der Waals surface area contributed by atoms with E-state index in [0.29, 0.717) is 44.5 Å². The van der Waals surface area contributed by atoms with Gasteiger partial charge >= 0.3 is 12.2 Å². The number of hydrogen-bond donors (Lipinski definition) is 6. The molecule has 0 unspecified atom stereocenters. The number of alkyl halides is 6. The molecule has 10 atom stereocenters. The molecule has 1 saturated carbocycles. The molecule has 4 aromatic rings. The topological polar surface area (TPSA) is 250 Å². The predicted octanol–water partition coefficient (Wildman–Crippen LogP) is 5.30. The first-order chi connectivity index (χ1) is 36.0. The smallest absolute Gasteiger partial charge is 0.394 e. The van der Waals surface area contributed by atoms with E-state index in [0.717, 1.165) is 46.2 Å². The Kier molecular flexibility index (Phi) is 16.7. The second kappa shape index (κ2) is 22.7. The molecule has 2 aromatic carbocycles. The van der Waals surface area contributed by atoms with Crippen molar-refractivity contribution in [1.29, 1.82) is 0 Å². The standard InChI is InChI=1S/C25H27F4N5O4.C24H25F4N5O5.CH4/c1-25(28,29)38-19-6-5-12(26)7-14(19)17-8-13(27)10-34(17)24(37)21-20-16(9-30-21)31-11-32-23(20)33-15-3-2-4-18(35)22(15)36;1-24(27,28)38-18-3-2-11(25)4-13(18)16-5-12(26)7-33(16)23(36)20-19-14(6-29-20)30-10-31-22(19)32-15-8-37-9-17(34)21(15)35;/h5-7,11,13,15,17-18,22,35-36H,2-4,8-10H2,1H3,(H,31,32,33);2-4,10,12,15-17,21,34-35H,5-9H2,1H3,(H,30,31,32);1H4/t13-,15+,17+,18+,22-;12-,15+,16+,17+,21-;/m00./s1. The zero-order valence-electron chi connectivity index (χ0n) is 40.6. The van der Waals surface area contributed by atoms with Crippen molar-refractivity contribution < 1.29 is 79.3 Å². The molecule has 3 saturated heterocycles. The first-order valence-corrected chi connectivity index (χ1v) is 24.3. The Labute approximate surface area is 435 Å². The number of carbonyl (C=O) groups excluding carboxylic acids is 2. The number of halogens is 8. The minimum absolute atomic E-state index is 0. The van der Waals surface area contributed by atoms with Crippen LogP contribution in [0.5, 0.6) is 11.5 Å². The molecule has 4 fully saturated rings. The minimum atomic E-state index is -3.59. The predicted molar refractivity (Wildman–Crippen MR) is 258 cm³/mol. The maximum absolute atomic E-state index is 14.7. The van der Waals surface area contributed by atoms with Crippen molar-refractivity contribution in [2.45, 2.75) is 140 Å². The number of aliphatic hydroxyl groups excluding tert-OH is 4. The second-order valence-corrected chi connectivity index (χ2v) is 19.3. The number of nitrogens with zero attached hydrogens (tertiary/aromatic N) is 8. The lowest BCUT2D eigenvalue weighted by Crippen LogP contribution is -2.51. The monoisotopic (exact) mass is 1090 g/mol. The molecule has 416 valence electrons. The molecule has 5 aliphatic heterocycles. The Morgan fingerprint density at radius 2 is 1.12 bits per heavy atom. The van der Waals surface area contributed by atoms with Gasteiger partial charge < -0.3 is 55.1 Å². The highest BCUT2D eigenvalue weighted by atomic mass is 19.3. The first-order valence-electron chi connectivity index (χ1n) is 24.3. The fourth-order valence-corrected chi connectivity index (χ4v) is 10.2. The van der Waals surface area contributed by atoms with E-state index in [9.17, 15) is 65.1 Å². The van der Waals surface area contributed by atoms with Gasteiger partial charge in [0, 0.05) is 37.8 Å². The summed E-state index contributed by atoms with van der Waals surface area (Å²) in [6.07, 6.45) is -10.7. The van der Waals surface area contributed by atoms with E-state index >= 15 is 0 Å². The molecular weight excluding hydrogens is 1040 g/mol. The van der Waals surface area contributed by atoms with Gasteiger partial charge in [0.2, 0.25) is 0 Å². The number of anilines is 2. The van der Waals surface area contributed by atoms with Crippen LogP contribution >= 0.6 is 0 Å². The summed E-state index contributed by atoms with van der Waals surface area (Å²) in [7, 11) is 0. The van der Waals surface area contributed by atoms with E-state index in [1.54, 1.807) is 0 Å². The second-order valence-electron chi connectivity index (χ2n) is 19.3. The van der Waals surface area contributed by atoms with Crippen LogP contribution in [0.3, 0.4) is 0 Å². The van der Waals surface area contributed by atoms with Crippen LogP contribution < -0.4 is 20.1 Å². The van der Waals surface area contributed by atoms with E-state index < -0.39 is 96.6 Å². The Morgan fingerprint density at radius 3 is 1.58 bits per heavy atom. The number of aliphatic hydroxyl groups is 4. The Hall–Kier alpha value is -6.68. The number of fused-ring (bicyclic) bond motifs is 2. The molecule has 19 nitrogen and oxygen atoms in total. The molecule has 0 spiro atoms. The molecule has 27 heteroatoms. The number of carbonyl (C=O) groups is 2. The fraction of sp³-hybridized carbons (Fsp3) is 0.520. The van der Waals surface area contributed by atoms with Gasteiger partial charge in [-0.05, 0) is 55.7 Å². The van der Waals surface area contributed by atoms with Gasteiger partial charge in [0.05, 0.1) is 98.3 Å². The van der Waals surface area contributed by atoms with Crippen LogP contribution in [0.4, 0.5) is 46.8 Å². The number of rotatable bonds is 12. The Morgan fingerprint density at radius 1 is 0.662 bits per heavy atom. The Bertz CT molecular complexity index is 2710. The summed E-state index contributed by atoms with van der Waals surface area (Å²) in [6.45, 7) is 0.389. The largest absolute Gasteiger partial charge is 0.432 e. The minimum Gasteiger partial charge on any atom is -0.432 e. The van der Waals surface area contributed by atoms with E-state index in [4.69, 9.17) is 14.2 Å². The van der Waals surface area contributed by atoms with Gasteiger partial charge in [0.1, 0.15) is 83.4 Å². The Balaban J connectivity index is 0.000000201. The van der Waals surface area contributed by atoms with Gasteiger partial charge in [-0.15, -0.1) is 0 Å². The number of aliphatic imine (C=N–C) groups is 2. The SMILES string of the molecule is C.CC(F)(F)Oc1ccc(F)cc1[C@H]1C[C@H](F)CN1C(=O)C1=NCc2ncnc(N[C@@H]3CCC[C@@H](O)[C@H]3O)c21.CC(F)(F)Oc1ccc(F)cc1[C@H]1C[C@H](F)CN1C(=O)C1=NCc2ncnc(N[C@@H]3COC[C@@H](O)[C@H]3O)c21. The van der Waals surface area contributed by atoms with Crippen molar-refractivity contribution in [3.63, 3.8) is 0 Å². The summed E-state index contributed by atoms with van der Waals surface area (Å²) >= 11 is 0. The molecule has 0 radical (unpaired) electrons. The van der Waals surface area contributed by atoms with Gasteiger partial charge in [-0.25, -0.2) is 37.5 Å². The van der Waals surface area contributed by atoms with E-state index in [2.05, 4.69) is 40.6 Å². The van der Waals surface area contributed by atoms with Gasteiger partial charge in [-0.2, -0.15) is 17.6 Å². The molecular formula is C50H56F8N10O9. The summed E-state index contributed by atoms with van der Waals surface area (Å²) < 4.78 is 127. The highest BCUT2D eigenvalue weighted by Gasteiger charge is 2.45. The zero-order chi connectivity index (χ0) is 54.4. The van der Waals surface area contributed by atoms with E-state index in [1.165, 1.54) is 12.7 Å². The van der Waals surface area contributed by atoms with Crippen molar-refractivity contribution in [2.75, 3.05) is 36.9 Å². The number of nitrogens with one attached hydrogen (secondary N) is 2. The molecule has 6 N–H and O–H groups in total. The van der Waals surface area contributed by atoms with Crippen LogP contribution in [-0.4, -0.2) is 161 Å². The van der Waals surface area contributed by atoms with Crippen LogP contribution in [0.2, 0.25) is 0 Å². The summed E-state index contributed by atoms with van der Waals surface area (Å²) in [6, 6.07) is 2.34. The van der Waals surface area contributed by atoms with Crippen molar-refractivity contribution in [2.24, 2.45) is 9.98 Å². The van der Waals surface area contributed by atoms with Crippen LogP contribution in [0.15, 0.2) is 59.0 Å². The molecule has 2 aromatic heterocycles. The summed E-state index contributed by atoms with van der Waals surface area (Å²) in [5.74, 6) is -3.31. The van der Waals surface area contributed by atoms with E-state index in [1.807, 2.05) is 0 Å². The zero-order valence-corrected chi connectivity index (χ0v) is 40.6. The highest BCUT2D eigenvalue weighted by Crippen LogP contribution is 2.43. The van der Waals surface area contributed by atoms with Gasteiger partial charge in [-0.1, -0.05) is 7.43 Å². The lowest BCUT2D eigenvalue weighted by molar-refractivity contribution is -0.160. The molecule has 10 rings (SSSR count). The van der Waals surface area contributed by atoms with Crippen molar-refractivity contribution in [1.82, 2.24) is 29.7 Å². The number of likely N-dealkylation sites (tertiary alicyclic amines) is 2. The van der Waals surface area contributed by atoms with Gasteiger partial charge in [-0.3, -0.25) is 19.6 Å². The first kappa shape index (κ1) is 56.5. The van der Waals surface area contributed by atoms with Crippen molar-refractivity contribution in [3.05, 3.63) is 94.3 Å². The van der Waals surface area contributed by atoms with Crippen LogP contribution in [0, 0.1) is 11.6 Å². The van der Waals surface area contributed by atoms with Crippen LogP contribution in [-0.2, 0) is 27.4 Å². The van der Waals surface area contributed by atoms with Crippen molar-refractivity contribution in [3.8, 4) is 11.5 Å². The molecule has 7 heterocycles. The van der Waals surface area contributed by atoms with E-state index in [-0.39, 0.29) is 116 Å². The molecule has 1 aliphatic carbocycles. The number of amides is 2. The number of hydrogen-bond acceptors (Lipinski definition) is 17. The molecule has 0 bridgehead atoms. The third kappa shape index (κ3) is 12.4. The summed E-state index contributed by atoms with van der Waals surface area (Å²) in [5, 5.41) is 46.8.